The lowest BCUT2D eigenvalue weighted by Gasteiger charge is -2.16. The van der Waals surface area contributed by atoms with Crippen molar-refractivity contribution in [3.8, 4) is 0 Å². The summed E-state index contributed by atoms with van der Waals surface area (Å²) in [5.41, 5.74) is 0.366. The van der Waals surface area contributed by atoms with Crippen LogP contribution in [0.2, 0.25) is 0 Å². The maximum atomic E-state index is 13.1. The number of halogens is 2. The Balaban J connectivity index is 1.93. The van der Waals surface area contributed by atoms with Crippen LogP contribution >= 0.6 is 11.3 Å². The Morgan fingerprint density at radius 1 is 1.26 bits per heavy atom. The van der Waals surface area contributed by atoms with E-state index < -0.39 is 17.7 Å². The van der Waals surface area contributed by atoms with Crippen LogP contribution in [-0.2, 0) is 0 Å². The Morgan fingerprint density at radius 3 is 2.68 bits per heavy atom. The van der Waals surface area contributed by atoms with E-state index in [1.165, 1.54) is 6.07 Å². The Kier molecular flexibility index (Phi) is 4.63. The monoisotopic (exact) mass is 283 g/mol. The highest BCUT2D eigenvalue weighted by atomic mass is 32.1. The van der Waals surface area contributed by atoms with Crippen LogP contribution in [0, 0.1) is 11.6 Å². The van der Waals surface area contributed by atoms with Gasteiger partial charge in [0.1, 0.15) is 0 Å². The van der Waals surface area contributed by atoms with Crippen LogP contribution in [0.1, 0.15) is 29.5 Å². The molecule has 0 fully saturated rings. The van der Waals surface area contributed by atoms with Gasteiger partial charge in [0.2, 0.25) is 0 Å². The number of benzene rings is 1. The lowest BCUT2D eigenvalue weighted by Crippen LogP contribution is -2.24. The van der Waals surface area contributed by atoms with Gasteiger partial charge in [0.15, 0.2) is 11.6 Å². The van der Waals surface area contributed by atoms with E-state index >= 15 is 0 Å². The second kappa shape index (κ2) is 6.23. The van der Waals surface area contributed by atoms with Crippen LogP contribution in [0.15, 0.2) is 35.7 Å². The van der Waals surface area contributed by atoms with Crippen molar-refractivity contribution >= 4 is 11.3 Å². The molecule has 0 aliphatic rings. The zero-order valence-electron chi connectivity index (χ0n) is 10.4. The van der Waals surface area contributed by atoms with Crippen molar-refractivity contribution in [3.05, 3.63) is 57.8 Å². The molecule has 2 aromatic rings. The normalized spacial score (nSPS) is 14.3. The SMILES string of the molecule is C[C@@H](NCC(O)c1ccc(F)c(F)c1)c1cccs1. The van der Waals surface area contributed by atoms with Crippen LogP contribution in [0.3, 0.4) is 0 Å². The summed E-state index contributed by atoms with van der Waals surface area (Å²) in [7, 11) is 0. The number of hydrogen-bond acceptors (Lipinski definition) is 3. The molecule has 0 aliphatic carbocycles. The molecule has 0 amide bonds. The summed E-state index contributed by atoms with van der Waals surface area (Å²) in [5.74, 6) is -1.85. The van der Waals surface area contributed by atoms with Crippen LogP contribution in [0.25, 0.3) is 0 Å². The minimum absolute atomic E-state index is 0.111. The van der Waals surface area contributed by atoms with E-state index in [0.29, 0.717) is 5.56 Å². The Morgan fingerprint density at radius 2 is 2.05 bits per heavy atom. The van der Waals surface area contributed by atoms with Crippen LogP contribution < -0.4 is 5.32 Å². The quantitative estimate of drug-likeness (QED) is 0.881. The lowest BCUT2D eigenvalue weighted by atomic mass is 10.1. The summed E-state index contributed by atoms with van der Waals surface area (Å²) in [6, 6.07) is 7.52. The van der Waals surface area contributed by atoms with Crippen LogP contribution in [0.4, 0.5) is 8.78 Å². The second-order valence-electron chi connectivity index (χ2n) is 4.33. The van der Waals surface area contributed by atoms with Gasteiger partial charge in [0.25, 0.3) is 0 Å². The first-order valence-electron chi connectivity index (χ1n) is 5.97. The van der Waals surface area contributed by atoms with Gasteiger partial charge in [-0.25, -0.2) is 8.78 Å². The number of aliphatic hydroxyl groups is 1. The third-order valence-electron chi connectivity index (χ3n) is 2.92. The molecule has 1 unspecified atom stereocenters. The summed E-state index contributed by atoms with van der Waals surface area (Å²) >= 11 is 1.63. The first-order chi connectivity index (χ1) is 9.08. The number of thiophene rings is 1. The number of rotatable bonds is 5. The summed E-state index contributed by atoms with van der Waals surface area (Å²) in [4.78, 5) is 1.16. The van der Waals surface area contributed by atoms with E-state index in [2.05, 4.69) is 5.32 Å². The smallest absolute Gasteiger partial charge is 0.159 e. The van der Waals surface area contributed by atoms with Crippen molar-refractivity contribution in [2.24, 2.45) is 0 Å². The molecule has 0 saturated carbocycles. The largest absolute Gasteiger partial charge is 0.387 e. The Hall–Kier alpha value is -1.30. The molecule has 0 saturated heterocycles. The molecule has 2 atom stereocenters. The van der Waals surface area contributed by atoms with Gasteiger partial charge >= 0.3 is 0 Å². The lowest BCUT2D eigenvalue weighted by molar-refractivity contribution is 0.170. The third-order valence-corrected chi connectivity index (χ3v) is 3.97. The van der Waals surface area contributed by atoms with E-state index in [1.54, 1.807) is 11.3 Å². The summed E-state index contributed by atoms with van der Waals surface area (Å²) < 4.78 is 25.8. The fourth-order valence-corrected chi connectivity index (χ4v) is 2.52. The average Bonchev–Trinajstić information content (AvgIpc) is 2.92. The molecule has 0 aliphatic heterocycles. The van der Waals surface area contributed by atoms with Crippen molar-refractivity contribution in [1.82, 2.24) is 5.32 Å². The van der Waals surface area contributed by atoms with E-state index in [0.717, 1.165) is 17.0 Å². The molecule has 102 valence electrons. The molecule has 1 aromatic carbocycles. The molecule has 1 aromatic heterocycles. The molecule has 0 radical (unpaired) electrons. The molecule has 19 heavy (non-hydrogen) atoms. The predicted octanol–water partition coefficient (Wildman–Crippen LogP) is 3.41. The zero-order chi connectivity index (χ0) is 13.8. The highest BCUT2D eigenvalue weighted by molar-refractivity contribution is 7.10. The third kappa shape index (κ3) is 3.59. The van der Waals surface area contributed by atoms with Crippen molar-refractivity contribution in [2.45, 2.75) is 19.1 Å². The second-order valence-corrected chi connectivity index (χ2v) is 5.31. The fraction of sp³-hybridized carbons (Fsp3) is 0.286. The minimum atomic E-state index is -0.942. The maximum Gasteiger partial charge on any atom is 0.159 e. The fourth-order valence-electron chi connectivity index (χ4n) is 1.76. The number of hydrogen-bond donors (Lipinski definition) is 2. The minimum Gasteiger partial charge on any atom is -0.387 e. The summed E-state index contributed by atoms with van der Waals surface area (Å²) in [6.07, 6.45) is -0.863. The Bertz CT molecular complexity index is 530. The zero-order valence-corrected chi connectivity index (χ0v) is 11.3. The van der Waals surface area contributed by atoms with Crippen molar-refractivity contribution < 1.29 is 13.9 Å². The summed E-state index contributed by atoms with van der Waals surface area (Å²) in [6.45, 7) is 2.27. The first-order valence-corrected chi connectivity index (χ1v) is 6.85. The van der Waals surface area contributed by atoms with Crippen LogP contribution in [0.5, 0.6) is 0 Å². The molecule has 0 bridgehead atoms. The topological polar surface area (TPSA) is 32.3 Å². The van der Waals surface area contributed by atoms with Gasteiger partial charge in [-0.15, -0.1) is 11.3 Å². The molecule has 0 spiro atoms. The maximum absolute atomic E-state index is 13.1. The molecular weight excluding hydrogens is 268 g/mol. The number of aliphatic hydroxyl groups excluding tert-OH is 1. The van der Waals surface area contributed by atoms with Gasteiger partial charge in [-0.3, -0.25) is 0 Å². The van der Waals surface area contributed by atoms with Gasteiger partial charge in [0, 0.05) is 17.5 Å². The standard InChI is InChI=1S/C14H15F2NOS/c1-9(14-3-2-6-19-14)17-8-13(18)10-4-5-11(15)12(16)7-10/h2-7,9,13,17-18H,8H2,1H3/t9-,13?/m1/s1. The highest BCUT2D eigenvalue weighted by Crippen LogP contribution is 2.20. The molecule has 5 heteroatoms. The molecule has 2 rings (SSSR count). The van der Waals surface area contributed by atoms with Crippen molar-refractivity contribution in [1.29, 1.82) is 0 Å². The molecule has 2 nitrogen and oxygen atoms in total. The van der Waals surface area contributed by atoms with E-state index in [-0.39, 0.29) is 12.6 Å². The number of nitrogens with one attached hydrogen (secondary N) is 1. The molecule has 1 heterocycles. The average molecular weight is 283 g/mol. The molecule has 2 N–H and O–H groups in total. The van der Waals surface area contributed by atoms with Crippen LogP contribution in [-0.4, -0.2) is 11.7 Å². The summed E-state index contributed by atoms with van der Waals surface area (Å²) in [5, 5.41) is 15.1. The van der Waals surface area contributed by atoms with Gasteiger partial charge in [-0.05, 0) is 36.1 Å². The van der Waals surface area contributed by atoms with E-state index in [1.807, 2.05) is 24.4 Å². The molecular formula is C14H15F2NOS. The van der Waals surface area contributed by atoms with Crippen molar-refractivity contribution in [3.63, 3.8) is 0 Å². The predicted molar refractivity (Wildman–Crippen MR) is 72.1 cm³/mol. The van der Waals surface area contributed by atoms with E-state index in [4.69, 9.17) is 0 Å². The van der Waals surface area contributed by atoms with Gasteiger partial charge in [0.05, 0.1) is 6.10 Å². The Labute approximate surface area is 114 Å². The van der Waals surface area contributed by atoms with Gasteiger partial charge < -0.3 is 10.4 Å². The highest BCUT2D eigenvalue weighted by Gasteiger charge is 2.13. The van der Waals surface area contributed by atoms with Crippen molar-refractivity contribution in [2.75, 3.05) is 6.54 Å². The first kappa shape index (κ1) is 14.1. The van der Waals surface area contributed by atoms with Gasteiger partial charge in [-0.1, -0.05) is 12.1 Å². The van der Waals surface area contributed by atoms with Gasteiger partial charge in [-0.2, -0.15) is 0 Å². The van der Waals surface area contributed by atoms with E-state index in [9.17, 15) is 13.9 Å².